The first-order valence-corrected chi connectivity index (χ1v) is 9.38. The Morgan fingerprint density at radius 2 is 1.64 bits per heavy atom. The van der Waals surface area contributed by atoms with Gasteiger partial charge in [0.2, 0.25) is 5.91 Å². The predicted molar refractivity (Wildman–Crippen MR) is 107 cm³/mol. The number of hydrogen-bond acceptors (Lipinski definition) is 5. The Morgan fingerprint density at radius 1 is 0.893 bits per heavy atom. The Morgan fingerprint density at radius 3 is 2.36 bits per heavy atom. The minimum Gasteiger partial charge on any atom is -0.494 e. The fourth-order valence-corrected chi connectivity index (χ4v) is 2.50. The second-order valence-corrected chi connectivity index (χ2v) is 6.22. The van der Waals surface area contributed by atoms with Crippen molar-refractivity contribution in [1.29, 1.82) is 0 Å². The lowest BCUT2D eigenvalue weighted by molar-refractivity contribution is -0.145. The highest BCUT2D eigenvalue weighted by atomic mass is 16.6. The Hall–Kier alpha value is -2.86. The number of rotatable bonds is 12. The van der Waals surface area contributed by atoms with Crippen molar-refractivity contribution in [3.63, 3.8) is 0 Å². The van der Waals surface area contributed by atoms with Crippen molar-refractivity contribution >= 4 is 17.6 Å². The van der Waals surface area contributed by atoms with Crippen LogP contribution in [0.5, 0.6) is 5.75 Å². The van der Waals surface area contributed by atoms with E-state index >= 15 is 0 Å². The molecule has 0 aromatic heterocycles. The van der Waals surface area contributed by atoms with Crippen LogP contribution in [-0.4, -0.2) is 38.8 Å². The fourth-order valence-electron chi connectivity index (χ4n) is 2.50. The first kappa shape index (κ1) is 21.4. The second kappa shape index (κ2) is 12.5. The van der Waals surface area contributed by atoms with Gasteiger partial charge in [-0.25, -0.2) is 0 Å². The summed E-state index contributed by atoms with van der Waals surface area (Å²) in [4.78, 5) is 23.4. The van der Waals surface area contributed by atoms with Crippen molar-refractivity contribution in [2.24, 2.45) is 0 Å². The predicted octanol–water partition coefficient (Wildman–Crippen LogP) is 3.61. The highest BCUT2D eigenvalue weighted by Gasteiger charge is 2.08. The molecule has 2 aromatic carbocycles. The number of hydrogen-bond donors (Lipinski definition) is 1. The molecular formula is C22H27NO5. The van der Waals surface area contributed by atoms with Gasteiger partial charge in [-0.15, -0.1) is 0 Å². The molecule has 0 unspecified atom stereocenters. The van der Waals surface area contributed by atoms with E-state index in [0.29, 0.717) is 18.9 Å². The summed E-state index contributed by atoms with van der Waals surface area (Å²) in [5.74, 6) is 0.111. The summed E-state index contributed by atoms with van der Waals surface area (Å²) in [6, 6.07) is 17.5. The van der Waals surface area contributed by atoms with Crippen LogP contribution in [0.2, 0.25) is 0 Å². The standard InChI is InChI=1S/C22H27NO5/c1-26-16-17-28-22(25)14-13-21(24)23-19-9-11-20(12-10-19)27-15-5-8-18-6-3-2-4-7-18/h2-4,6-7,9-12H,5,8,13-17H2,1H3,(H,23,24). The average Bonchev–Trinajstić information content (AvgIpc) is 2.72. The quantitative estimate of drug-likeness (QED) is 0.446. The summed E-state index contributed by atoms with van der Waals surface area (Å²) in [5.41, 5.74) is 1.96. The van der Waals surface area contributed by atoms with Crippen molar-refractivity contribution in [3.05, 3.63) is 60.2 Å². The maximum absolute atomic E-state index is 11.9. The molecule has 150 valence electrons. The van der Waals surface area contributed by atoms with Gasteiger partial charge in [-0.2, -0.15) is 0 Å². The zero-order valence-corrected chi connectivity index (χ0v) is 16.2. The highest BCUT2D eigenvalue weighted by molar-refractivity contribution is 5.92. The third-order valence-electron chi connectivity index (χ3n) is 3.97. The zero-order valence-electron chi connectivity index (χ0n) is 16.2. The molecule has 0 aliphatic rings. The molecule has 0 saturated heterocycles. The summed E-state index contributed by atoms with van der Waals surface area (Å²) in [7, 11) is 1.53. The lowest BCUT2D eigenvalue weighted by Crippen LogP contribution is -2.15. The fraction of sp³-hybridized carbons (Fsp3) is 0.364. The van der Waals surface area contributed by atoms with Crippen molar-refractivity contribution in [2.45, 2.75) is 25.7 Å². The van der Waals surface area contributed by atoms with E-state index in [1.807, 2.05) is 30.3 Å². The Balaban J connectivity index is 1.63. The molecular weight excluding hydrogens is 358 g/mol. The minimum absolute atomic E-state index is 0.0398. The number of nitrogens with one attached hydrogen (secondary N) is 1. The number of carbonyl (C=O) groups is 2. The van der Waals surface area contributed by atoms with E-state index < -0.39 is 5.97 Å². The van der Waals surface area contributed by atoms with Gasteiger partial charge in [0.1, 0.15) is 12.4 Å². The number of ether oxygens (including phenoxy) is 3. The number of aryl methyl sites for hydroxylation is 1. The molecule has 2 aromatic rings. The Kier molecular flexibility index (Phi) is 9.58. The maximum atomic E-state index is 11.9. The van der Waals surface area contributed by atoms with Gasteiger partial charge >= 0.3 is 5.97 Å². The minimum atomic E-state index is -0.411. The lowest BCUT2D eigenvalue weighted by Gasteiger charge is -2.09. The molecule has 0 atom stereocenters. The molecule has 0 fully saturated rings. The topological polar surface area (TPSA) is 73.9 Å². The zero-order chi connectivity index (χ0) is 20.0. The van der Waals surface area contributed by atoms with Crippen LogP contribution in [-0.2, 0) is 25.5 Å². The third-order valence-corrected chi connectivity index (χ3v) is 3.97. The molecule has 2 rings (SSSR count). The summed E-state index contributed by atoms with van der Waals surface area (Å²) in [6.07, 6.45) is 2.02. The van der Waals surface area contributed by atoms with E-state index in [2.05, 4.69) is 17.4 Å². The molecule has 1 N–H and O–H groups in total. The van der Waals surface area contributed by atoms with Crippen LogP contribution in [0.4, 0.5) is 5.69 Å². The van der Waals surface area contributed by atoms with E-state index in [1.165, 1.54) is 12.7 Å². The molecule has 0 aliphatic heterocycles. The van der Waals surface area contributed by atoms with E-state index in [-0.39, 0.29) is 25.4 Å². The first-order chi connectivity index (χ1) is 13.7. The van der Waals surface area contributed by atoms with Gasteiger partial charge in [0.25, 0.3) is 0 Å². The molecule has 0 saturated carbocycles. The van der Waals surface area contributed by atoms with Crippen LogP contribution >= 0.6 is 0 Å². The number of methoxy groups -OCH3 is 1. The van der Waals surface area contributed by atoms with Gasteiger partial charge in [-0.1, -0.05) is 30.3 Å². The van der Waals surface area contributed by atoms with E-state index in [9.17, 15) is 9.59 Å². The largest absolute Gasteiger partial charge is 0.494 e. The molecule has 0 spiro atoms. The summed E-state index contributed by atoms with van der Waals surface area (Å²) >= 11 is 0. The van der Waals surface area contributed by atoms with Gasteiger partial charge in [-0.05, 0) is 42.7 Å². The van der Waals surface area contributed by atoms with Crippen LogP contribution in [0.1, 0.15) is 24.8 Å². The summed E-state index contributed by atoms with van der Waals surface area (Å²) in [6.45, 7) is 1.17. The summed E-state index contributed by atoms with van der Waals surface area (Å²) < 4.78 is 15.4. The smallest absolute Gasteiger partial charge is 0.306 e. The van der Waals surface area contributed by atoms with Gasteiger partial charge in [0.15, 0.2) is 0 Å². The molecule has 6 nitrogen and oxygen atoms in total. The summed E-state index contributed by atoms with van der Waals surface area (Å²) in [5, 5.41) is 2.75. The van der Waals surface area contributed by atoms with Gasteiger partial charge in [0.05, 0.1) is 19.6 Å². The second-order valence-electron chi connectivity index (χ2n) is 6.22. The van der Waals surface area contributed by atoms with E-state index in [1.54, 1.807) is 12.1 Å². The van der Waals surface area contributed by atoms with Crippen LogP contribution in [0.15, 0.2) is 54.6 Å². The van der Waals surface area contributed by atoms with Crippen molar-refractivity contribution in [1.82, 2.24) is 0 Å². The molecule has 0 bridgehead atoms. The number of anilines is 1. The van der Waals surface area contributed by atoms with Crippen LogP contribution in [0.25, 0.3) is 0 Å². The molecule has 0 radical (unpaired) electrons. The highest BCUT2D eigenvalue weighted by Crippen LogP contribution is 2.16. The monoisotopic (exact) mass is 385 g/mol. The maximum Gasteiger partial charge on any atom is 0.306 e. The average molecular weight is 385 g/mol. The third kappa shape index (κ3) is 8.68. The number of benzene rings is 2. The molecule has 0 aliphatic carbocycles. The van der Waals surface area contributed by atoms with Crippen molar-refractivity contribution in [2.75, 3.05) is 32.2 Å². The van der Waals surface area contributed by atoms with Crippen molar-refractivity contribution in [3.8, 4) is 5.75 Å². The Labute approximate surface area is 165 Å². The molecule has 28 heavy (non-hydrogen) atoms. The van der Waals surface area contributed by atoms with Crippen molar-refractivity contribution < 1.29 is 23.8 Å². The van der Waals surface area contributed by atoms with Crippen LogP contribution in [0.3, 0.4) is 0 Å². The van der Waals surface area contributed by atoms with Gasteiger partial charge < -0.3 is 19.5 Å². The number of carbonyl (C=O) groups excluding carboxylic acids is 2. The molecule has 0 heterocycles. The molecule has 1 amide bonds. The van der Waals surface area contributed by atoms with Crippen LogP contribution in [0, 0.1) is 0 Å². The molecule has 6 heteroatoms. The Bertz CT molecular complexity index is 715. The van der Waals surface area contributed by atoms with E-state index in [0.717, 1.165) is 18.6 Å². The lowest BCUT2D eigenvalue weighted by atomic mass is 10.1. The SMILES string of the molecule is COCCOC(=O)CCC(=O)Nc1ccc(OCCCc2ccccc2)cc1. The normalized spacial score (nSPS) is 10.3. The van der Waals surface area contributed by atoms with Crippen LogP contribution < -0.4 is 10.1 Å². The first-order valence-electron chi connectivity index (χ1n) is 9.38. The van der Waals surface area contributed by atoms with Gasteiger partial charge in [-0.3, -0.25) is 9.59 Å². The van der Waals surface area contributed by atoms with Gasteiger partial charge in [0, 0.05) is 19.2 Å². The van der Waals surface area contributed by atoms with E-state index in [4.69, 9.17) is 14.2 Å². The number of amides is 1. The number of esters is 1.